The van der Waals surface area contributed by atoms with Gasteiger partial charge < -0.3 is 5.32 Å². The SMILES string of the molecule is CCCNC(C)C(CC)Cc1ccncc1Cl. The van der Waals surface area contributed by atoms with Gasteiger partial charge in [0.15, 0.2) is 0 Å². The Hall–Kier alpha value is -0.600. The Balaban J connectivity index is 2.60. The number of nitrogens with one attached hydrogen (secondary N) is 1. The molecule has 2 atom stereocenters. The third-order valence-electron chi connectivity index (χ3n) is 3.29. The number of pyridine rings is 1. The lowest BCUT2D eigenvalue weighted by atomic mass is 9.91. The van der Waals surface area contributed by atoms with E-state index in [0.717, 1.165) is 24.4 Å². The summed E-state index contributed by atoms with van der Waals surface area (Å²) in [5, 5.41) is 4.35. The Kier molecular flexibility index (Phi) is 6.53. The molecule has 96 valence electrons. The maximum Gasteiger partial charge on any atom is 0.0621 e. The smallest absolute Gasteiger partial charge is 0.0621 e. The lowest BCUT2D eigenvalue weighted by Gasteiger charge is -2.24. The zero-order valence-electron chi connectivity index (χ0n) is 11.0. The second-order valence-corrected chi connectivity index (χ2v) is 4.99. The van der Waals surface area contributed by atoms with Gasteiger partial charge in [0.05, 0.1) is 5.02 Å². The molecule has 0 amide bonds. The summed E-state index contributed by atoms with van der Waals surface area (Å²) < 4.78 is 0. The molecule has 1 aromatic heterocycles. The minimum absolute atomic E-state index is 0.532. The zero-order valence-corrected chi connectivity index (χ0v) is 11.8. The fourth-order valence-corrected chi connectivity index (χ4v) is 2.26. The number of hydrogen-bond donors (Lipinski definition) is 1. The minimum Gasteiger partial charge on any atom is -0.314 e. The third-order valence-corrected chi connectivity index (χ3v) is 3.63. The molecule has 0 aromatic carbocycles. The van der Waals surface area contributed by atoms with Crippen LogP contribution in [0.5, 0.6) is 0 Å². The van der Waals surface area contributed by atoms with Gasteiger partial charge in [-0.3, -0.25) is 4.98 Å². The molecular formula is C14H23ClN2. The Morgan fingerprint density at radius 1 is 1.41 bits per heavy atom. The topological polar surface area (TPSA) is 24.9 Å². The molecular weight excluding hydrogens is 232 g/mol. The highest BCUT2D eigenvalue weighted by molar-refractivity contribution is 6.31. The van der Waals surface area contributed by atoms with Crippen LogP contribution in [0.15, 0.2) is 18.5 Å². The summed E-state index contributed by atoms with van der Waals surface area (Å²) in [6, 6.07) is 2.56. The van der Waals surface area contributed by atoms with E-state index in [2.05, 4.69) is 31.1 Å². The van der Waals surface area contributed by atoms with Crippen LogP contribution in [0.25, 0.3) is 0 Å². The summed E-state index contributed by atoms with van der Waals surface area (Å²) in [4.78, 5) is 4.02. The highest BCUT2D eigenvalue weighted by Crippen LogP contribution is 2.21. The Bertz CT molecular complexity index is 328. The van der Waals surface area contributed by atoms with E-state index in [0.29, 0.717) is 12.0 Å². The van der Waals surface area contributed by atoms with E-state index in [1.807, 2.05) is 12.3 Å². The molecule has 0 bridgehead atoms. The number of rotatable bonds is 7. The van der Waals surface area contributed by atoms with Crippen LogP contribution >= 0.6 is 11.6 Å². The molecule has 2 unspecified atom stereocenters. The number of hydrogen-bond acceptors (Lipinski definition) is 2. The summed E-state index contributed by atoms with van der Waals surface area (Å²) in [7, 11) is 0. The molecule has 0 radical (unpaired) electrons. The molecule has 0 aliphatic carbocycles. The van der Waals surface area contributed by atoms with Crippen LogP contribution in [0.2, 0.25) is 5.02 Å². The summed E-state index contributed by atoms with van der Waals surface area (Å²) in [5.41, 5.74) is 1.21. The summed E-state index contributed by atoms with van der Waals surface area (Å²) in [6.45, 7) is 7.78. The molecule has 0 spiro atoms. The molecule has 0 aliphatic heterocycles. The largest absolute Gasteiger partial charge is 0.314 e. The predicted octanol–water partition coefficient (Wildman–Crippen LogP) is 3.69. The highest BCUT2D eigenvalue weighted by Gasteiger charge is 2.16. The van der Waals surface area contributed by atoms with Gasteiger partial charge in [0.1, 0.15) is 0 Å². The van der Waals surface area contributed by atoms with Gasteiger partial charge in [-0.15, -0.1) is 0 Å². The van der Waals surface area contributed by atoms with Crippen molar-refractivity contribution < 1.29 is 0 Å². The van der Waals surface area contributed by atoms with Crippen LogP contribution in [0.1, 0.15) is 39.2 Å². The van der Waals surface area contributed by atoms with Crippen LogP contribution < -0.4 is 5.32 Å². The molecule has 3 heteroatoms. The maximum absolute atomic E-state index is 6.15. The van der Waals surface area contributed by atoms with Crippen molar-refractivity contribution in [1.29, 1.82) is 0 Å². The predicted molar refractivity (Wildman–Crippen MR) is 74.5 cm³/mol. The van der Waals surface area contributed by atoms with E-state index in [1.54, 1.807) is 6.20 Å². The van der Waals surface area contributed by atoms with Crippen molar-refractivity contribution in [1.82, 2.24) is 10.3 Å². The average Bonchev–Trinajstić information content (AvgIpc) is 2.35. The van der Waals surface area contributed by atoms with E-state index in [-0.39, 0.29) is 0 Å². The number of aromatic nitrogens is 1. The molecule has 0 aliphatic rings. The first-order valence-electron chi connectivity index (χ1n) is 6.50. The summed E-state index contributed by atoms with van der Waals surface area (Å²) >= 11 is 6.15. The van der Waals surface area contributed by atoms with Gasteiger partial charge >= 0.3 is 0 Å². The van der Waals surface area contributed by atoms with Crippen molar-refractivity contribution in [2.75, 3.05) is 6.54 Å². The first-order chi connectivity index (χ1) is 8.19. The van der Waals surface area contributed by atoms with E-state index >= 15 is 0 Å². The van der Waals surface area contributed by atoms with Gasteiger partial charge in [-0.2, -0.15) is 0 Å². The molecule has 2 nitrogen and oxygen atoms in total. The molecule has 1 rings (SSSR count). The first-order valence-corrected chi connectivity index (χ1v) is 6.88. The molecule has 1 aromatic rings. The van der Waals surface area contributed by atoms with E-state index in [4.69, 9.17) is 11.6 Å². The van der Waals surface area contributed by atoms with Crippen molar-refractivity contribution in [3.63, 3.8) is 0 Å². The second kappa shape index (κ2) is 7.67. The Morgan fingerprint density at radius 3 is 2.76 bits per heavy atom. The maximum atomic E-state index is 6.15. The van der Waals surface area contributed by atoms with Crippen molar-refractivity contribution in [2.45, 2.75) is 46.1 Å². The molecule has 1 heterocycles. The summed E-state index contributed by atoms with van der Waals surface area (Å²) in [5.74, 6) is 0.626. The van der Waals surface area contributed by atoms with Crippen LogP contribution in [0.4, 0.5) is 0 Å². The van der Waals surface area contributed by atoms with Crippen molar-refractivity contribution in [2.24, 2.45) is 5.92 Å². The number of halogens is 1. The van der Waals surface area contributed by atoms with Gasteiger partial charge in [-0.05, 0) is 43.9 Å². The van der Waals surface area contributed by atoms with Crippen molar-refractivity contribution in [3.8, 4) is 0 Å². The lowest BCUT2D eigenvalue weighted by Crippen LogP contribution is -2.34. The third kappa shape index (κ3) is 4.64. The van der Waals surface area contributed by atoms with Gasteiger partial charge in [0.25, 0.3) is 0 Å². The van der Waals surface area contributed by atoms with Crippen LogP contribution in [-0.4, -0.2) is 17.6 Å². The standard InChI is InChI=1S/C14H23ClN2/c1-4-7-17-11(3)12(5-2)9-13-6-8-16-10-14(13)15/h6,8,10-12,17H,4-5,7,9H2,1-3H3. The van der Waals surface area contributed by atoms with Gasteiger partial charge in [0.2, 0.25) is 0 Å². The molecule has 1 N–H and O–H groups in total. The molecule has 0 saturated carbocycles. The second-order valence-electron chi connectivity index (χ2n) is 4.58. The monoisotopic (exact) mass is 254 g/mol. The molecule has 0 saturated heterocycles. The molecule has 0 fully saturated rings. The van der Waals surface area contributed by atoms with E-state index in [9.17, 15) is 0 Å². The minimum atomic E-state index is 0.532. The first kappa shape index (κ1) is 14.5. The average molecular weight is 255 g/mol. The fourth-order valence-electron chi connectivity index (χ4n) is 2.07. The Labute approximate surface area is 110 Å². The quantitative estimate of drug-likeness (QED) is 0.803. The van der Waals surface area contributed by atoms with Gasteiger partial charge in [0, 0.05) is 18.4 Å². The number of nitrogens with zero attached hydrogens (tertiary/aromatic N) is 1. The van der Waals surface area contributed by atoms with Crippen molar-refractivity contribution >= 4 is 11.6 Å². The molecule has 17 heavy (non-hydrogen) atoms. The van der Waals surface area contributed by atoms with Crippen LogP contribution in [0.3, 0.4) is 0 Å². The van der Waals surface area contributed by atoms with Gasteiger partial charge in [-0.25, -0.2) is 0 Å². The van der Waals surface area contributed by atoms with Gasteiger partial charge in [-0.1, -0.05) is 31.9 Å². The van der Waals surface area contributed by atoms with Crippen LogP contribution in [0, 0.1) is 5.92 Å². The lowest BCUT2D eigenvalue weighted by molar-refractivity contribution is 0.362. The summed E-state index contributed by atoms with van der Waals surface area (Å²) in [6.07, 6.45) is 6.91. The van der Waals surface area contributed by atoms with E-state index < -0.39 is 0 Å². The zero-order chi connectivity index (χ0) is 12.7. The van der Waals surface area contributed by atoms with Crippen LogP contribution in [-0.2, 0) is 6.42 Å². The fraction of sp³-hybridized carbons (Fsp3) is 0.643. The highest BCUT2D eigenvalue weighted by atomic mass is 35.5. The van der Waals surface area contributed by atoms with E-state index in [1.165, 1.54) is 12.0 Å². The van der Waals surface area contributed by atoms with Crippen molar-refractivity contribution in [3.05, 3.63) is 29.0 Å². The Morgan fingerprint density at radius 2 is 2.18 bits per heavy atom. The normalized spacial score (nSPS) is 14.6.